The van der Waals surface area contributed by atoms with Crippen LogP contribution in [0.2, 0.25) is 0 Å². The van der Waals surface area contributed by atoms with E-state index < -0.39 is 18.2 Å². The summed E-state index contributed by atoms with van der Waals surface area (Å²) in [5.41, 5.74) is 0. The normalized spacial score (nSPS) is 12.9. The van der Waals surface area contributed by atoms with Crippen molar-refractivity contribution < 1.29 is 20.1 Å². The highest BCUT2D eigenvalue weighted by Crippen LogP contribution is 2.12. The zero-order chi connectivity index (χ0) is 20.8. The van der Waals surface area contributed by atoms with E-state index in [9.17, 15) is 9.90 Å². The van der Waals surface area contributed by atoms with E-state index in [4.69, 9.17) is 10.2 Å². The molecule has 0 aromatic heterocycles. The van der Waals surface area contributed by atoms with E-state index >= 15 is 0 Å². The van der Waals surface area contributed by atoms with E-state index in [1.165, 1.54) is 77.0 Å². The van der Waals surface area contributed by atoms with Crippen molar-refractivity contribution >= 4 is 5.97 Å². The summed E-state index contributed by atoms with van der Waals surface area (Å²) in [6, 6.07) is 0. The number of aliphatic hydroxyl groups is 2. The molecule has 164 valence electrons. The Hall–Kier alpha value is -0.610. The first-order valence-corrected chi connectivity index (χ1v) is 11.5. The Morgan fingerprint density at radius 3 is 1.41 bits per heavy atom. The topological polar surface area (TPSA) is 77.8 Å². The fourth-order valence-electron chi connectivity index (χ4n) is 2.96. The van der Waals surface area contributed by atoms with Crippen molar-refractivity contribution in [3.8, 4) is 0 Å². The van der Waals surface area contributed by atoms with Crippen molar-refractivity contribution in [1.29, 1.82) is 0 Å². The lowest BCUT2D eigenvalue weighted by molar-refractivity contribution is -0.137. The predicted octanol–water partition coefficient (Wildman–Crippen LogP) is 6.47. The molecule has 4 heteroatoms. The molecule has 0 fully saturated rings. The number of unbranched alkanes of at least 4 members (excludes halogenated alkanes) is 13. The minimum absolute atomic E-state index is 0.337. The van der Waals surface area contributed by atoms with Crippen LogP contribution in [0.15, 0.2) is 0 Å². The van der Waals surface area contributed by atoms with Gasteiger partial charge in [-0.05, 0) is 19.8 Å². The fraction of sp³-hybridized carbons (Fsp3) is 0.957. The molecule has 0 amide bonds. The molecule has 27 heavy (non-hydrogen) atoms. The van der Waals surface area contributed by atoms with E-state index in [-0.39, 0.29) is 0 Å². The van der Waals surface area contributed by atoms with Gasteiger partial charge in [0.15, 0.2) is 0 Å². The molecule has 0 saturated heterocycles. The van der Waals surface area contributed by atoms with Gasteiger partial charge in [-0.2, -0.15) is 0 Å². The molecule has 3 N–H and O–H groups in total. The average Bonchev–Trinajstić information content (AvgIpc) is 2.63. The molecule has 0 heterocycles. The SMILES string of the molecule is CCCCCCCC(=O)O.CCCCCCCCCCCCC(O)C(C)O. The van der Waals surface area contributed by atoms with Gasteiger partial charge in [-0.3, -0.25) is 4.79 Å². The van der Waals surface area contributed by atoms with E-state index in [2.05, 4.69) is 13.8 Å². The largest absolute Gasteiger partial charge is 0.481 e. The minimum atomic E-state index is -0.670. The Morgan fingerprint density at radius 1 is 0.667 bits per heavy atom. The molecular formula is C23H48O4. The maximum Gasteiger partial charge on any atom is 0.303 e. The Labute approximate surface area is 168 Å². The van der Waals surface area contributed by atoms with Crippen molar-refractivity contribution in [1.82, 2.24) is 0 Å². The molecule has 0 aromatic carbocycles. The number of hydrogen-bond acceptors (Lipinski definition) is 3. The molecule has 2 unspecified atom stereocenters. The third-order valence-corrected chi connectivity index (χ3v) is 4.90. The Bertz CT molecular complexity index is 292. The molecular weight excluding hydrogens is 340 g/mol. The number of hydrogen-bond donors (Lipinski definition) is 3. The van der Waals surface area contributed by atoms with Gasteiger partial charge in [-0.15, -0.1) is 0 Å². The van der Waals surface area contributed by atoms with Gasteiger partial charge in [-0.1, -0.05) is 104 Å². The highest BCUT2D eigenvalue weighted by Gasteiger charge is 2.09. The van der Waals surface area contributed by atoms with Crippen LogP contribution in [0.25, 0.3) is 0 Å². The lowest BCUT2D eigenvalue weighted by atomic mass is 10.0. The van der Waals surface area contributed by atoms with Gasteiger partial charge in [0, 0.05) is 6.42 Å². The third kappa shape index (κ3) is 27.7. The van der Waals surface area contributed by atoms with Crippen LogP contribution < -0.4 is 0 Å². The maximum atomic E-state index is 10.0. The first-order valence-electron chi connectivity index (χ1n) is 11.5. The lowest BCUT2D eigenvalue weighted by Crippen LogP contribution is -2.21. The van der Waals surface area contributed by atoms with Gasteiger partial charge >= 0.3 is 5.97 Å². The van der Waals surface area contributed by atoms with Crippen molar-refractivity contribution in [3.63, 3.8) is 0 Å². The van der Waals surface area contributed by atoms with Gasteiger partial charge in [0.1, 0.15) is 0 Å². The summed E-state index contributed by atoms with van der Waals surface area (Å²) in [5.74, 6) is -0.670. The number of carboxylic acid groups (broad SMARTS) is 1. The van der Waals surface area contributed by atoms with Crippen molar-refractivity contribution in [2.24, 2.45) is 0 Å². The second kappa shape index (κ2) is 23.4. The smallest absolute Gasteiger partial charge is 0.303 e. The van der Waals surface area contributed by atoms with Gasteiger partial charge in [-0.25, -0.2) is 0 Å². The van der Waals surface area contributed by atoms with Crippen LogP contribution in [-0.2, 0) is 4.79 Å². The van der Waals surface area contributed by atoms with Crippen LogP contribution >= 0.6 is 0 Å². The highest BCUT2D eigenvalue weighted by atomic mass is 16.4. The zero-order valence-electron chi connectivity index (χ0n) is 18.4. The van der Waals surface area contributed by atoms with Crippen molar-refractivity contribution in [3.05, 3.63) is 0 Å². The molecule has 0 bridgehead atoms. The number of carboxylic acids is 1. The lowest BCUT2D eigenvalue weighted by Gasteiger charge is -2.12. The molecule has 0 aliphatic heterocycles. The first kappa shape index (κ1) is 28.6. The van der Waals surface area contributed by atoms with Crippen molar-refractivity contribution in [2.45, 2.75) is 142 Å². The molecule has 0 radical (unpaired) electrons. The summed E-state index contributed by atoms with van der Waals surface area (Å²) in [4.78, 5) is 10.0. The summed E-state index contributed by atoms with van der Waals surface area (Å²) in [7, 11) is 0. The second-order valence-corrected chi connectivity index (χ2v) is 7.84. The Balaban J connectivity index is 0. The second-order valence-electron chi connectivity index (χ2n) is 7.84. The van der Waals surface area contributed by atoms with Crippen LogP contribution in [0.4, 0.5) is 0 Å². The van der Waals surface area contributed by atoms with Gasteiger partial charge in [0.2, 0.25) is 0 Å². The van der Waals surface area contributed by atoms with E-state index in [1.807, 2.05) is 0 Å². The Kier molecular flexibility index (Phi) is 24.8. The van der Waals surface area contributed by atoms with Gasteiger partial charge < -0.3 is 15.3 Å². The molecule has 0 saturated carbocycles. The molecule has 0 rings (SSSR count). The monoisotopic (exact) mass is 388 g/mol. The third-order valence-electron chi connectivity index (χ3n) is 4.90. The van der Waals surface area contributed by atoms with Gasteiger partial charge in [0.05, 0.1) is 12.2 Å². The molecule has 0 aliphatic rings. The fourth-order valence-corrected chi connectivity index (χ4v) is 2.96. The number of rotatable bonds is 18. The van der Waals surface area contributed by atoms with Crippen LogP contribution in [0.3, 0.4) is 0 Å². The van der Waals surface area contributed by atoms with E-state index in [1.54, 1.807) is 6.92 Å². The van der Waals surface area contributed by atoms with Crippen LogP contribution in [0.1, 0.15) is 130 Å². The van der Waals surface area contributed by atoms with Crippen LogP contribution in [0.5, 0.6) is 0 Å². The summed E-state index contributed by atoms with van der Waals surface area (Å²) in [5, 5.41) is 26.8. The van der Waals surface area contributed by atoms with Crippen LogP contribution in [-0.4, -0.2) is 33.5 Å². The number of carbonyl (C=O) groups is 1. The summed E-state index contributed by atoms with van der Waals surface area (Å²) >= 11 is 0. The molecule has 0 aliphatic carbocycles. The van der Waals surface area contributed by atoms with Crippen LogP contribution in [0, 0.1) is 0 Å². The Morgan fingerprint density at radius 2 is 1.04 bits per heavy atom. The van der Waals surface area contributed by atoms with Crippen molar-refractivity contribution in [2.75, 3.05) is 0 Å². The zero-order valence-corrected chi connectivity index (χ0v) is 18.4. The average molecular weight is 389 g/mol. The summed E-state index contributed by atoms with van der Waals surface area (Å²) in [6.07, 6.45) is 18.6. The highest BCUT2D eigenvalue weighted by molar-refractivity contribution is 5.66. The maximum absolute atomic E-state index is 10.0. The number of aliphatic carboxylic acids is 1. The number of aliphatic hydroxyl groups excluding tert-OH is 2. The summed E-state index contributed by atoms with van der Waals surface area (Å²) in [6.45, 7) is 6.06. The molecule has 0 aromatic rings. The molecule has 0 spiro atoms. The predicted molar refractivity (Wildman–Crippen MR) is 115 cm³/mol. The first-order chi connectivity index (χ1) is 13.0. The van der Waals surface area contributed by atoms with E-state index in [0.717, 1.165) is 25.7 Å². The molecule has 2 atom stereocenters. The molecule has 4 nitrogen and oxygen atoms in total. The minimum Gasteiger partial charge on any atom is -0.481 e. The standard InChI is InChI=1S/C15H32O2.C8H16O2/c1-3-4-5-6-7-8-9-10-11-12-13-15(17)14(2)16;1-2-3-4-5-6-7-8(9)10/h14-17H,3-13H2,1-2H3;2-7H2,1H3,(H,9,10). The van der Waals surface area contributed by atoms with E-state index in [0.29, 0.717) is 6.42 Å². The summed E-state index contributed by atoms with van der Waals surface area (Å²) < 4.78 is 0. The van der Waals surface area contributed by atoms with Gasteiger partial charge in [0.25, 0.3) is 0 Å². The quantitative estimate of drug-likeness (QED) is 0.235.